The predicted octanol–water partition coefficient (Wildman–Crippen LogP) is 5.36. The van der Waals surface area contributed by atoms with Crippen LogP contribution in [0, 0.1) is 11.6 Å². The normalized spacial score (nSPS) is 13.3. The third kappa shape index (κ3) is 11.9. The molecule has 0 aliphatic carbocycles. The first-order chi connectivity index (χ1) is 28.2. The van der Waals surface area contributed by atoms with Crippen molar-refractivity contribution in [1.82, 2.24) is 28.5 Å². The molecule has 0 atom stereocenters. The molecule has 0 unspecified atom stereocenters. The summed E-state index contributed by atoms with van der Waals surface area (Å²) < 4.78 is 111. The van der Waals surface area contributed by atoms with Gasteiger partial charge in [-0.1, -0.05) is 50.9 Å². The lowest BCUT2D eigenvalue weighted by Gasteiger charge is -2.16. The fourth-order valence-electron chi connectivity index (χ4n) is 4.70. The molecular weight excluding hydrogens is 987 g/mol. The van der Waals surface area contributed by atoms with E-state index in [1.54, 1.807) is 0 Å². The summed E-state index contributed by atoms with van der Waals surface area (Å²) in [4.78, 5) is 75.8. The third-order valence-corrected chi connectivity index (χ3v) is 10.2. The van der Waals surface area contributed by atoms with Gasteiger partial charge in [-0.15, -0.1) is 0 Å². The van der Waals surface area contributed by atoms with E-state index in [1.165, 1.54) is 26.1 Å². The number of nitrogens with one attached hydrogen (secondary N) is 2. The molecule has 0 bridgehead atoms. The fourth-order valence-corrected chi connectivity index (χ4v) is 6.34. The fraction of sp³-hybridized carbons (Fsp3) is 0.273. The number of esters is 1. The molecule has 5 rings (SSSR count). The van der Waals surface area contributed by atoms with Crippen LogP contribution >= 0.6 is 63.1 Å². The van der Waals surface area contributed by atoms with Gasteiger partial charge in [0.05, 0.1) is 45.7 Å². The number of carbonyl (C=O) groups excluding carboxylic acids is 2. The minimum Gasteiger partial charge on any atom is -0.468 e. The molecule has 1 fully saturated rings. The highest BCUT2D eigenvalue weighted by molar-refractivity contribution is 9.09. The standard InChI is InChI=1S/C16H11ClF4N4O3S.C14H11ClF4N4O2S.C3H5BrO2/c1-23-11(16(19,20)21)5-12(26)25(15(23)28)10-4-9(7(17)3-8(10)18)22-14-24(2)13(27)6-29-14;1-20-12(26)21-8-4-9(7(16)3-6(8)15)23-11(24)5-10(14(17,18)19)22(2)13(23)25;1-6-3(5)2-4/h3-5H,6H2,1-2H3;3-5H,1-2H3,(H2,20,21,26);2H2,1H3. The number of ether oxygens (including phenoxy) is 1. The van der Waals surface area contributed by atoms with Gasteiger partial charge in [0.15, 0.2) is 10.3 Å². The Kier molecular flexibility index (Phi) is 16.7. The number of halogens is 11. The first-order valence-electron chi connectivity index (χ1n) is 16.1. The maximum absolute atomic E-state index is 14.5. The number of carbonyl (C=O) groups is 2. The van der Waals surface area contributed by atoms with Crippen LogP contribution in [0.25, 0.3) is 11.4 Å². The Hall–Kier alpha value is -5.05. The Balaban J connectivity index is 0.000000288. The number of nitrogens with zero attached hydrogens (tertiary/aromatic N) is 6. The smallest absolute Gasteiger partial charge is 0.431 e. The lowest BCUT2D eigenvalue weighted by Crippen LogP contribution is -2.41. The van der Waals surface area contributed by atoms with Gasteiger partial charge in [0.1, 0.15) is 28.4 Å². The number of aliphatic imine (C=N–C) groups is 1. The molecule has 1 saturated heterocycles. The number of amidine groups is 1. The SMILES string of the molecule is CN1C(=O)CSC1=Nc1cc(-n2c(=O)cc(C(F)(F)F)n(C)c2=O)c(F)cc1Cl.CNC(=S)Nc1cc(-n2c(=O)cc(C(F)(F)F)n(C)c2=O)c(F)cc1Cl.COC(=O)CBr. The van der Waals surface area contributed by atoms with Crippen LogP contribution in [0.2, 0.25) is 10.0 Å². The molecule has 28 heteroatoms. The van der Waals surface area contributed by atoms with Crippen molar-refractivity contribution in [2.45, 2.75) is 12.4 Å². The second-order valence-electron chi connectivity index (χ2n) is 11.7. The van der Waals surface area contributed by atoms with Gasteiger partial charge in [-0.3, -0.25) is 33.2 Å². The van der Waals surface area contributed by atoms with Crippen LogP contribution in [-0.2, 0) is 40.8 Å². The number of hydrogen-bond acceptors (Lipinski definition) is 10. The number of anilines is 1. The van der Waals surface area contributed by atoms with Gasteiger partial charge in [0.25, 0.3) is 11.1 Å². The van der Waals surface area contributed by atoms with Crippen molar-refractivity contribution in [3.05, 3.63) is 111 Å². The summed E-state index contributed by atoms with van der Waals surface area (Å²) in [7, 11) is 5.96. The number of hydrogen-bond donors (Lipinski definition) is 2. The van der Waals surface area contributed by atoms with Crippen LogP contribution in [0.5, 0.6) is 0 Å². The molecule has 15 nitrogen and oxygen atoms in total. The van der Waals surface area contributed by atoms with E-state index in [0.29, 0.717) is 0 Å². The maximum atomic E-state index is 14.5. The van der Waals surface area contributed by atoms with E-state index in [1.807, 2.05) is 0 Å². The van der Waals surface area contributed by atoms with Gasteiger partial charge >= 0.3 is 29.7 Å². The van der Waals surface area contributed by atoms with Crippen LogP contribution in [0.15, 0.2) is 60.6 Å². The summed E-state index contributed by atoms with van der Waals surface area (Å²) in [5, 5.41) is 5.54. The third-order valence-electron chi connectivity index (χ3n) is 7.77. The molecule has 1 aliphatic rings. The Bertz CT molecular complexity index is 2660. The van der Waals surface area contributed by atoms with E-state index in [2.05, 4.69) is 36.3 Å². The van der Waals surface area contributed by atoms with E-state index < -0.39 is 69.2 Å². The summed E-state index contributed by atoms with van der Waals surface area (Å²) in [6, 6.07) is 3.94. The van der Waals surface area contributed by atoms with Crippen LogP contribution in [0.4, 0.5) is 46.5 Å². The molecule has 3 heterocycles. The van der Waals surface area contributed by atoms with Crippen molar-refractivity contribution in [3.8, 4) is 11.4 Å². The van der Waals surface area contributed by atoms with Crippen molar-refractivity contribution in [3.63, 3.8) is 0 Å². The summed E-state index contributed by atoms with van der Waals surface area (Å²) >= 11 is 20.7. The molecule has 4 aromatic rings. The molecular formula is C33H27BrCl2F8N8O7S2. The second kappa shape index (κ2) is 20.2. The predicted molar refractivity (Wildman–Crippen MR) is 218 cm³/mol. The minimum atomic E-state index is -4.95. The van der Waals surface area contributed by atoms with Gasteiger partial charge in [-0.05, 0) is 36.5 Å². The van der Waals surface area contributed by atoms with Gasteiger partial charge in [-0.2, -0.15) is 26.3 Å². The molecule has 0 radical (unpaired) electrons. The van der Waals surface area contributed by atoms with Crippen LogP contribution in [0.1, 0.15) is 11.4 Å². The molecule has 2 aromatic heterocycles. The Morgan fingerprint density at radius 1 is 0.836 bits per heavy atom. The van der Waals surface area contributed by atoms with E-state index in [0.717, 1.165) is 50.1 Å². The van der Waals surface area contributed by atoms with Crippen LogP contribution in [-0.4, -0.2) is 77.6 Å². The zero-order chi connectivity index (χ0) is 46.5. The number of methoxy groups -OCH3 is 1. The van der Waals surface area contributed by atoms with Crippen molar-refractivity contribution < 1.29 is 49.4 Å². The molecule has 1 amide bonds. The van der Waals surface area contributed by atoms with Gasteiger partial charge < -0.3 is 15.4 Å². The summed E-state index contributed by atoms with van der Waals surface area (Å²) in [5.41, 5.74) is -9.61. The van der Waals surface area contributed by atoms with E-state index in [9.17, 15) is 63.9 Å². The molecule has 0 saturated carbocycles. The summed E-state index contributed by atoms with van der Waals surface area (Å²) in [6.45, 7) is 0. The lowest BCUT2D eigenvalue weighted by molar-refractivity contribution is -0.144. The van der Waals surface area contributed by atoms with Crippen molar-refractivity contribution in [2.75, 3.05) is 37.6 Å². The maximum Gasteiger partial charge on any atom is 0.431 e. The first-order valence-corrected chi connectivity index (χ1v) is 19.4. The van der Waals surface area contributed by atoms with Gasteiger partial charge in [-0.25, -0.2) is 32.5 Å². The number of amides is 1. The second-order valence-corrected chi connectivity index (χ2v) is 14.4. The Morgan fingerprint density at radius 2 is 1.30 bits per heavy atom. The van der Waals surface area contributed by atoms with E-state index >= 15 is 0 Å². The average molecular weight is 1010 g/mol. The van der Waals surface area contributed by atoms with Gasteiger partial charge in [0.2, 0.25) is 5.91 Å². The number of rotatable bonds is 5. The molecule has 2 aromatic carbocycles. The zero-order valence-electron chi connectivity index (χ0n) is 31.4. The minimum absolute atomic E-state index is 0.0521. The Morgan fingerprint density at radius 3 is 1.67 bits per heavy atom. The van der Waals surface area contributed by atoms with Crippen LogP contribution in [0.3, 0.4) is 0 Å². The Labute approximate surface area is 364 Å². The van der Waals surface area contributed by atoms with Crippen molar-refractivity contribution >= 4 is 96.6 Å². The number of aromatic nitrogens is 4. The largest absolute Gasteiger partial charge is 0.468 e. The van der Waals surface area contributed by atoms with Crippen molar-refractivity contribution in [2.24, 2.45) is 19.1 Å². The highest BCUT2D eigenvalue weighted by Crippen LogP contribution is 2.33. The number of alkyl halides is 7. The summed E-state index contributed by atoms with van der Waals surface area (Å²) in [6.07, 6.45) is -9.87. The highest BCUT2D eigenvalue weighted by Gasteiger charge is 2.36. The monoisotopic (exact) mass is 1010 g/mol. The van der Waals surface area contributed by atoms with E-state index in [4.69, 9.17) is 35.4 Å². The first kappa shape index (κ1) is 50.3. The number of thiocarbonyl (C=S) groups is 1. The topological polar surface area (TPSA) is 171 Å². The number of benzene rings is 2. The number of thioether (sulfide) groups is 1. The molecule has 2 N–H and O–H groups in total. The van der Waals surface area contributed by atoms with Gasteiger partial charge in [0, 0.05) is 40.3 Å². The van der Waals surface area contributed by atoms with E-state index in [-0.39, 0.29) is 85.1 Å². The lowest BCUT2D eigenvalue weighted by atomic mass is 10.2. The quantitative estimate of drug-likeness (QED) is 0.114. The van der Waals surface area contributed by atoms with Crippen LogP contribution < -0.4 is 33.1 Å². The zero-order valence-corrected chi connectivity index (χ0v) is 36.1. The summed E-state index contributed by atoms with van der Waals surface area (Å²) in [5.74, 6) is -2.51. The highest BCUT2D eigenvalue weighted by atomic mass is 79.9. The molecule has 1 aliphatic heterocycles. The average Bonchev–Trinajstić information content (AvgIpc) is 3.49. The van der Waals surface area contributed by atoms with Crippen molar-refractivity contribution in [1.29, 1.82) is 0 Å². The molecule has 61 heavy (non-hydrogen) atoms. The molecule has 330 valence electrons. The molecule has 0 spiro atoms.